The second kappa shape index (κ2) is 9.74. The minimum Gasteiger partial charge on any atom is -0.497 e. The van der Waals surface area contributed by atoms with Crippen LogP contribution >= 0.6 is 0 Å². The molecule has 5 rings (SSSR count). The normalized spacial score (nSPS) is 28.6. The van der Waals surface area contributed by atoms with Gasteiger partial charge in [0.15, 0.2) is 0 Å². The zero-order valence-electron chi connectivity index (χ0n) is 22.2. The molecule has 1 saturated heterocycles. The van der Waals surface area contributed by atoms with Crippen molar-refractivity contribution in [2.45, 2.75) is 70.9 Å². The number of carbonyl (C=O) groups excluding carboxylic acids is 2. The molecule has 2 aromatic carbocycles. The topological polar surface area (TPSA) is 67.9 Å². The Kier molecular flexibility index (Phi) is 6.86. The van der Waals surface area contributed by atoms with Gasteiger partial charge in [-0.25, -0.2) is 0 Å². The number of hydrogen-bond acceptors (Lipinski definition) is 5. The molecule has 3 unspecified atom stereocenters. The van der Waals surface area contributed by atoms with Crippen LogP contribution in [0.4, 0.5) is 13.2 Å². The number of rotatable bonds is 6. The number of nitrogens with one attached hydrogen (secondary N) is 1. The molecule has 6 atom stereocenters. The Hall–Kier alpha value is -2.81. The third-order valence-corrected chi connectivity index (χ3v) is 8.33. The van der Waals surface area contributed by atoms with Crippen molar-refractivity contribution in [1.29, 1.82) is 0 Å². The lowest BCUT2D eigenvalue weighted by Crippen LogP contribution is -2.56. The van der Waals surface area contributed by atoms with Gasteiger partial charge >= 0.3 is 12.1 Å². The van der Waals surface area contributed by atoms with E-state index in [2.05, 4.69) is 11.4 Å². The van der Waals surface area contributed by atoms with E-state index in [-0.39, 0.29) is 30.3 Å². The van der Waals surface area contributed by atoms with Crippen molar-refractivity contribution in [1.82, 2.24) is 10.2 Å². The lowest BCUT2D eigenvalue weighted by Gasteiger charge is -2.45. The van der Waals surface area contributed by atoms with E-state index in [1.54, 1.807) is 27.9 Å². The molecular weight excluding hydrogens is 497 g/mol. The third kappa shape index (κ3) is 5.22. The number of methoxy groups -OCH3 is 1. The first-order chi connectivity index (χ1) is 17.8. The van der Waals surface area contributed by atoms with E-state index in [9.17, 15) is 22.8 Å². The van der Waals surface area contributed by atoms with Crippen LogP contribution in [-0.2, 0) is 20.9 Å². The molecule has 6 nitrogen and oxygen atoms in total. The summed E-state index contributed by atoms with van der Waals surface area (Å²) in [5.41, 5.74) is 0.317. The van der Waals surface area contributed by atoms with E-state index in [1.165, 1.54) is 4.90 Å². The first kappa shape index (κ1) is 26.8. The summed E-state index contributed by atoms with van der Waals surface area (Å²) >= 11 is 0. The lowest BCUT2D eigenvalue weighted by atomic mass is 9.74. The summed E-state index contributed by atoms with van der Waals surface area (Å²) in [6.07, 6.45) is -5.19. The van der Waals surface area contributed by atoms with Gasteiger partial charge in [-0.05, 0) is 80.0 Å². The van der Waals surface area contributed by atoms with Crippen LogP contribution in [0.3, 0.4) is 0 Å². The number of piperidine rings is 1. The van der Waals surface area contributed by atoms with Gasteiger partial charge in [0.05, 0.1) is 18.6 Å². The highest BCUT2D eigenvalue weighted by Crippen LogP contribution is 2.53. The number of fused-ring (bicyclic) bond motifs is 3. The molecule has 2 aliphatic carbocycles. The average Bonchev–Trinajstić information content (AvgIpc) is 2.94. The third-order valence-electron chi connectivity index (χ3n) is 8.33. The van der Waals surface area contributed by atoms with Crippen LogP contribution < -0.4 is 10.1 Å². The average molecular weight is 533 g/mol. The van der Waals surface area contributed by atoms with Crippen LogP contribution in [0.15, 0.2) is 36.4 Å². The molecule has 9 heteroatoms. The van der Waals surface area contributed by atoms with Crippen molar-refractivity contribution < 1.29 is 32.2 Å². The zero-order valence-corrected chi connectivity index (χ0v) is 22.2. The molecule has 3 aliphatic rings. The Morgan fingerprint density at radius 1 is 1.03 bits per heavy atom. The fourth-order valence-corrected chi connectivity index (χ4v) is 6.67. The van der Waals surface area contributed by atoms with Crippen LogP contribution in [0, 0.1) is 23.2 Å². The van der Waals surface area contributed by atoms with Gasteiger partial charge in [0.1, 0.15) is 18.3 Å². The monoisotopic (exact) mass is 532 g/mol. The Labute approximate surface area is 220 Å². The molecule has 0 radical (unpaired) electrons. The van der Waals surface area contributed by atoms with E-state index in [1.807, 2.05) is 30.3 Å². The van der Waals surface area contributed by atoms with Crippen molar-refractivity contribution >= 4 is 22.6 Å². The number of likely N-dealkylation sites (tertiary alicyclic amines) is 1. The number of halogens is 3. The van der Waals surface area contributed by atoms with Crippen molar-refractivity contribution in [3.63, 3.8) is 0 Å². The van der Waals surface area contributed by atoms with Crippen molar-refractivity contribution in [2.24, 2.45) is 23.2 Å². The number of ether oxygens (including phenoxy) is 2. The van der Waals surface area contributed by atoms with Crippen LogP contribution in [0.1, 0.15) is 45.6 Å². The summed E-state index contributed by atoms with van der Waals surface area (Å²) in [5.74, 6) is -0.579. The number of carbonyl (C=O) groups is 2. The summed E-state index contributed by atoms with van der Waals surface area (Å²) in [4.78, 5) is 27.1. The van der Waals surface area contributed by atoms with Gasteiger partial charge in [-0.3, -0.25) is 9.59 Å². The number of hydrogen-bond donors (Lipinski definition) is 1. The number of esters is 1. The molecule has 38 heavy (non-hydrogen) atoms. The molecule has 2 saturated carbocycles. The second-order valence-corrected chi connectivity index (χ2v) is 12.1. The highest BCUT2D eigenvalue weighted by Gasteiger charge is 2.62. The quantitative estimate of drug-likeness (QED) is 0.526. The molecule has 3 fully saturated rings. The largest absolute Gasteiger partial charge is 0.497 e. The first-order valence-electron chi connectivity index (χ1n) is 13.2. The minimum atomic E-state index is -4.58. The summed E-state index contributed by atoms with van der Waals surface area (Å²) in [6.45, 7) is 6.12. The zero-order chi connectivity index (χ0) is 27.4. The van der Waals surface area contributed by atoms with Crippen LogP contribution in [0.2, 0.25) is 0 Å². The van der Waals surface area contributed by atoms with E-state index in [0.717, 1.165) is 28.5 Å². The van der Waals surface area contributed by atoms with Gasteiger partial charge in [0.2, 0.25) is 5.91 Å². The molecular formula is C29H35F3N2O4. The van der Waals surface area contributed by atoms with Gasteiger partial charge in [0, 0.05) is 25.0 Å². The van der Waals surface area contributed by atoms with E-state index >= 15 is 0 Å². The molecule has 1 N–H and O–H groups in total. The van der Waals surface area contributed by atoms with Gasteiger partial charge in [-0.1, -0.05) is 18.2 Å². The number of alkyl halides is 3. The highest BCUT2D eigenvalue weighted by atomic mass is 19.4. The van der Waals surface area contributed by atoms with Crippen molar-refractivity contribution in [3.8, 4) is 5.75 Å². The number of nitrogens with zero attached hydrogens (tertiary/aromatic N) is 1. The standard InChI is InChI=1S/C29H35F3N2O4/c1-28(2,3)27(36)38-26-22-11-17-10-21(25(26)34(15-17)23(35)13-29(30,31)32)24(22)33-14-16-5-6-19-12-20(37-4)8-7-18(19)9-16/h5-9,12,17,21-22,24-26,33H,10-11,13-15H2,1-4H3/t17?,21-,22+,24?,25?,26-/m0/s1. The van der Waals surface area contributed by atoms with Crippen LogP contribution in [0.5, 0.6) is 5.75 Å². The minimum absolute atomic E-state index is 0.0662. The Balaban J connectivity index is 1.39. The molecule has 0 spiro atoms. The fourth-order valence-electron chi connectivity index (χ4n) is 6.67. The highest BCUT2D eigenvalue weighted by molar-refractivity contribution is 5.84. The molecule has 206 valence electrons. The Morgan fingerprint density at radius 2 is 1.71 bits per heavy atom. The lowest BCUT2D eigenvalue weighted by molar-refractivity contribution is -0.173. The Bertz CT molecular complexity index is 1220. The molecule has 1 aliphatic heterocycles. The summed E-state index contributed by atoms with van der Waals surface area (Å²) < 4.78 is 50.8. The van der Waals surface area contributed by atoms with E-state index < -0.39 is 42.0 Å². The van der Waals surface area contributed by atoms with E-state index in [0.29, 0.717) is 13.0 Å². The molecule has 1 amide bonds. The SMILES string of the molecule is COc1ccc2cc(CNC3[C@@H]4CC5C[C@H]3[C@H](OC(=O)C(C)(C)C)C4N(C(=O)CC(F)(F)F)C5)ccc2c1. The summed E-state index contributed by atoms with van der Waals surface area (Å²) in [7, 11) is 1.63. The second-order valence-electron chi connectivity index (χ2n) is 12.1. The number of benzene rings is 2. The van der Waals surface area contributed by atoms with Crippen molar-refractivity contribution in [2.75, 3.05) is 13.7 Å². The summed E-state index contributed by atoms with van der Waals surface area (Å²) in [5, 5.41) is 5.79. The van der Waals surface area contributed by atoms with E-state index in [4.69, 9.17) is 9.47 Å². The van der Waals surface area contributed by atoms with Crippen molar-refractivity contribution in [3.05, 3.63) is 42.0 Å². The van der Waals surface area contributed by atoms with Crippen LogP contribution in [-0.4, -0.2) is 54.8 Å². The summed E-state index contributed by atoms with van der Waals surface area (Å²) in [6, 6.07) is 11.5. The molecule has 3 bridgehead atoms. The van der Waals surface area contributed by atoms with Gasteiger partial charge < -0.3 is 19.7 Å². The Morgan fingerprint density at radius 3 is 2.39 bits per heavy atom. The maximum Gasteiger partial charge on any atom is 0.397 e. The number of amides is 1. The predicted octanol–water partition coefficient (Wildman–Crippen LogP) is 5.08. The first-order valence-corrected chi connectivity index (χ1v) is 13.2. The molecule has 0 aromatic heterocycles. The smallest absolute Gasteiger partial charge is 0.397 e. The fraction of sp³-hybridized carbons (Fsp3) is 0.586. The molecule has 2 aromatic rings. The maximum absolute atomic E-state index is 13.2. The van der Waals surface area contributed by atoms with Gasteiger partial charge in [-0.2, -0.15) is 13.2 Å². The molecule has 1 heterocycles. The van der Waals surface area contributed by atoms with Gasteiger partial charge in [-0.15, -0.1) is 0 Å². The van der Waals surface area contributed by atoms with Gasteiger partial charge in [0.25, 0.3) is 0 Å². The maximum atomic E-state index is 13.2. The predicted molar refractivity (Wildman–Crippen MR) is 136 cm³/mol. The van der Waals surface area contributed by atoms with Crippen LogP contribution in [0.25, 0.3) is 10.8 Å².